The SMILES string of the molecule is O=c1ccc2ccccc2n1CCC1OCCCO1. The molecule has 2 aromatic rings. The van der Waals surface area contributed by atoms with Crippen molar-refractivity contribution in [1.82, 2.24) is 4.57 Å². The van der Waals surface area contributed by atoms with Gasteiger partial charge in [0.15, 0.2) is 6.29 Å². The molecule has 0 N–H and O–H groups in total. The van der Waals surface area contributed by atoms with Crippen LogP contribution in [0.3, 0.4) is 0 Å². The van der Waals surface area contributed by atoms with Gasteiger partial charge in [0.25, 0.3) is 5.56 Å². The third-order valence-electron chi connectivity index (χ3n) is 3.38. The summed E-state index contributed by atoms with van der Waals surface area (Å²) in [7, 11) is 0. The average molecular weight is 259 g/mol. The smallest absolute Gasteiger partial charge is 0.251 e. The third kappa shape index (κ3) is 2.69. The quantitative estimate of drug-likeness (QED) is 0.848. The molecule has 0 aliphatic carbocycles. The maximum atomic E-state index is 12.0. The first-order valence-corrected chi connectivity index (χ1v) is 6.66. The third-order valence-corrected chi connectivity index (χ3v) is 3.38. The Balaban J connectivity index is 1.83. The summed E-state index contributed by atoms with van der Waals surface area (Å²) in [6, 6.07) is 11.4. The number of hydrogen-bond donors (Lipinski definition) is 0. The van der Waals surface area contributed by atoms with Crippen molar-refractivity contribution in [3.8, 4) is 0 Å². The second kappa shape index (κ2) is 5.55. The summed E-state index contributed by atoms with van der Waals surface area (Å²) in [6.45, 7) is 2.11. The highest BCUT2D eigenvalue weighted by atomic mass is 16.7. The average Bonchev–Trinajstić information content (AvgIpc) is 2.47. The summed E-state index contributed by atoms with van der Waals surface area (Å²) >= 11 is 0. The van der Waals surface area contributed by atoms with E-state index in [1.165, 1.54) is 0 Å². The molecule has 1 fully saturated rings. The maximum absolute atomic E-state index is 12.0. The summed E-state index contributed by atoms with van der Waals surface area (Å²) in [5.41, 5.74) is 0.986. The fourth-order valence-electron chi connectivity index (χ4n) is 2.41. The van der Waals surface area contributed by atoms with Gasteiger partial charge in [-0.1, -0.05) is 18.2 Å². The molecule has 19 heavy (non-hydrogen) atoms. The molecule has 1 aliphatic heterocycles. The van der Waals surface area contributed by atoms with Crippen molar-refractivity contribution < 1.29 is 9.47 Å². The number of benzene rings is 1. The Hall–Kier alpha value is -1.65. The van der Waals surface area contributed by atoms with Crippen LogP contribution in [0.15, 0.2) is 41.2 Å². The Kier molecular flexibility index (Phi) is 3.62. The van der Waals surface area contributed by atoms with E-state index >= 15 is 0 Å². The molecular weight excluding hydrogens is 242 g/mol. The zero-order valence-electron chi connectivity index (χ0n) is 10.7. The zero-order chi connectivity index (χ0) is 13.1. The van der Waals surface area contributed by atoms with Crippen molar-refractivity contribution in [1.29, 1.82) is 0 Å². The minimum atomic E-state index is -0.181. The van der Waals surface area contributed by atoms with Gasteiger partial charge in [0.1, 0.15) is 0 Å². The lowest BCUT2D eigenvalue weighted by atomic mass is 10.2. The van der Waals surface area contributed by atoms with Gasteiger partial charge in [-0.2, -0.15) is 0 Å². The molecule has 0 saturated carbocycles. The van der Waals surface area contributed by atoms with E-state index in [1.807, 2.05) is 30.3 Å². The van der Waals surface area contributed by atoms with Gasteiger partial charge in [-0.05, 0) is 23.9 Å². The monoisotopic (exact) mass is 259 g/mol. The molecule has 0 bridgehead atoms. The lowest BCUT2D eigenvalue weighted by Gasteiger charge is -2.23. The molecule has 1 aromatic carbocycles. The van der Waals surface area contributed by atoms with Crippen LogP contribution in [0.4, 0.5) is 0 Å². The first-order valence-electron chi connectivity index (χ1n) is 6.66. The highest BCUT2D eigenvalue weighted by molar-refractivity contribution is 5.78. The van der Waals surface area contributed by atoms with Crippen LogP contribution in [0, 0.1) is 0 Å². The van der Waals surface area contributed by atoms with Crippen molar-refractivity contribution in [2.45, 2.75) is 25.7 Å². The molecule has 1 saturated heterocycles. The van der Waals surface area contributed by atoms with Crippen LogP contribution in [0.25, 0.3) is 10.9 Å². The van der Waals surface area contributed by atoms with Crippen LogP contribution >= 0.6 is 0 Å². The number of nitrogens with zero attached hydrogens (tertiary/aromatic N) is 1. The fourth-order valence-corrected chi connectivity index (χ4v) is 2.41. The predicted molar refractivity (Wildman–Crippen MR) is 73.1 cm³/mol. The van der Waals surface area contributed by atoms with Crippen molar-refractivity contribution in [3.05, 3.63) is 46.8 Å². The highest BCUT2D eigenvalue weighted by Gasteiger charge is 2.14. The lowest BCUT2D eigenvalue weighted by molar-refractivity contribution is -0.182. The van der Waals surface area contributed by atoms with E-state index in [-0.39, 0.29) is 11.8 Å². The first kappa shape index (κ1) is 12.4. The number of pyridine rings is 1. The number of aromatic nitrogens is 1. The van der Waals surface area contributed by atoms with E-state index in [2.05, 4.69) is 0 Å². The molecule has 1 aliphatic rings. The van der Waals surface area contributed by atoms with Gasteiger partial charge in [-0.25, -0.2) is 0 Å². The molecule has 4 heteroatoms. The van der Waals surface area contributed by atoms with Crippen LogP contribution in [0.2, 0.25) is 0 Å². The van der Waals surface area contributed by atoms with Crippen LogP contribution in [-0.4, -0.2) is 24.1 Å². The molecule has 2 heterocycles. The minimum Gasteiger partial charge on any atom is -0.353 e. The van der Waals surface area contributed by atoms with Gasteiger partial charge in [-0.15, -0.1) is 0 Å². The van der Waals surface area contributed by atoms with E-state index in [0.29, 0.717) is 13.0 Å². The number of fused-ring (bicyclic) bond motifs is 1. The summed E-state index contributed by atoms with van der Waals surface area (Å²) in [6.07, 6.45) is 1.47. The molecule has 1 aromatic heterocycles. The Bertz CT molecular complexity index is 614. The molecule has 3 rings (SSSR count). The van der Waals surface area contributed by atoms with Gasteiger partial charge >= 0.3 is 0 Å². The number of aryl methyl sites for hydroxylation is 1. The second-order valence-corrected chi connectivity index (χ2v) is 4.70. The molecule has 0 atom stereocenters. The number of rotatable bonds is 3. The molecular formula is C15H17NO3. The van der Waals surface area contributed by atoms with E-state index < -0.39 is 0 Å². The fraction of sp³-hybridized carbons (Fsp3) is 0.400. The standard InChI is InChI=1S/C15H17NO3/c17-14-7-6-12-4-1-2-5-13(12)16(14)9-8-15-18-10-3-11-19-15/h1-2,4-7,15H,3,8-11H2. The van der Waals surface area contributed by atoms with E-state index in [0.717, 1.165) is 30.5 Å². The summed E-state index contributed by atoms with van der Waals surface area (Å²) in [5, 5.41) is 1.08. The number of hydrogen-bond acceptors (Lipinski definition) is 3. The molecule has 4 nitrogen and oxygen atoms in total. The Morgan fingerprint density at radius 2 is 1.89 bits per heavy atom. The van der Waals surface area contributed by atoms with Crippen LogP contribution < -0.4 is 5.56 Å². The van der Waals surface area contributed by atoms with Gasteiger partial charge in [0.2, 0.25) is 0 Å². The zero-order valence-corrected chi connectivity index (χ0v) is 10.7. The van der Waals surface area contributed by atoms with Crippen molar-refractivity contribution in [3.63, 3.8) is 0 Å². The summed E-state index contributed by atoms with van der Waals surface area (Å²) in [5.74, 6) is 0. The minimum absolute atomic E-state index is 0.0227. The maximum Gasteiger partial charge on any atom is 0.251 e. The van der Waals surface area contributed by atoms with Crippen LogP contribution in [0.5, 0.6) is 0 Å². The van der Waals surface area contributed by atoms with E-state index in [1.54, 1.807) is 10.6 Å². The molecule has 0 unspecified atom stereocenters. The molecule has 0 spiro atoms. The summed E-state index contributed by atoms with van der Waals surface area (Å²) in [4.78, 5) is 12.0. The van der Waals surface area contributed by atoms with Crippen molar-refractivity contribution in [2.75, 3.05) is 13.2 Å². The predicted octanol–water partition coefficient (Wildman–Crippen LogP) is 2.15. The second-order valence-electron chi connectivity index (χ2n) is 4.70. The van der Waals surface area contributed by atoms with Crippen LogP contribution in [-0.2, 0) is 16.0 Å². The highest BCUT2D eigenvalue weighted by Crippen LogP contribution is 2.14. The Morgan fingerprint density at radius 3 is 2.74 bits per heavy atom. The van der Waals surface area contributed by atoms with Gasteiger partial charge in [0, 0.05) is 19.0 Å². The Labute approximate surface area is 111 Å². The first-order chi connectivity index (χ1) is 9.34. The van der Waals surface area contributed by atoms with Crippen LogP contribution in [0.1, 0.15) is 12.8 Å². The van der Waals surface area contributed by atoms with E-state index in [9.17, 15) is 4.79 Å². The van der Waals surface area contributed by atoms with Crippen molar-refractivity contribution in [2.24, 2.45) is 0 Å². The van der Waals surface area contributed by atoms with E-state index in [4.69, 9.17) is 9.47 Å². The topological polar surface area (TPSA) is 40.5 Å². The number of ether oxygens (including phenoxy) is 2. The Morgan fingerprint density at radius 1 is 1.11 bits per heavy atom. The molecule has 0 radical (unpaired) electrons. The van der Waals surface area contributed by atoms with Gasteiger partial charge in [0.05, 0.1) is 18.7 Å². The largest absolute Gasteiger partial charge is 0.353 e. The van der Waals surface area contributed by atoms with Crippen molar-refractivity contribution >= 4 is 10.9 Å². The summed E-state index contributed by atoms with van der Waals surface area (Å²) < 4.78 is 12.8. The lowest BCUT2D eigenvalue weighted by Crippen LogP contribution is -2.28. The molecule has 100 valence electrons. The van der Waals surface area contributed by atoms with Gasteiger partial charge < -0.3 is 14.0 Å². The van der Waals surface area contributed by atoms with Gasteiger partial charge in [-0.3, -0.25) is 4.79 Å². The normalized spacial score (nSPS) is 16.8. The molecule has 0 amide bonds. The number of para-hydroxylation sites is 1.